The second kappa shape index (κ2) is 9.75. The molecule has 1 N–H and O–H groups in total. The van der Waals surface area contributed by atoms with E-state index in [0.717, 1.165) is 23.6 Å². The van der Waals surface area contributed by atoms with Crippen LogP contribution >= 0.6 is 11.3 Å². The Morgan fingerprint density at radius 2 is 1.79 bits per heavy atom. The summed E-state index contributed by atoms with van der Waals surface area (Å²) in [5, 5.41) is 4.44. The van der Waals surface area contributed by atoms with Gasteiger partial charge in [0.1, 0.15) is 11.6 Å². The highest BCUT2D eigenvalue weighted by atomic mass is 32.1. The number of thiazole rings is 1. The zero-order chi connectivity index (χ0) is 24.3. The summed E-state index contributed by atoms with van der Waals surface area (Å²) >= 11 is 1.13. The maximum Gasteiger partial charge on any atom is 0.417 e. The van der Waals surface area contributed by atoms with Crippen molar-refractivity contribution >= 4 is 34.1 Å². The molecule has 1 aromatic carbocycles. The largest absolute Gasteiger partial charge is 0.417 e. The number of rotatable bonds is 5. The third kappa shape index (κ3) is 5.50. The molecular weight excluding hydrogens is 474 g/mol. The van der Waals surface area contributed by atoms with Gasteiger partial charge in [-0.2, -0.15) is 13.2 Å². The fourth-order valence-electron chi connectivity index (χ4n) is 3.45. The topological polar surface area (TPSA) is 78.4 Å². The molecule has 3 aromatic rings. The number of pyridine rings is 1. The number of piperazine rings is 1. The molecule has 0 atom stereocenters. The van der Waals surface area contributed by atoms with Crippen molar-refractivity contribution in [3.8, 4) is 0 Å². The molecule has 2 aromatic heterocycles. The van der Waals surface area contributed by atoms with Crippen molar-refractivity contribution < 1.29 is 27.2 Å². The second-order valence-corrected chi connectivity index (χ2v) is 8.38. The summed E-state index contributed by atoms with van der Waals surface area (Å²) < 4.78 is 51.8. The van der Waals surface area contributed by atoms with Crippen molar-refractivity contribution in [2.75, 3.05) is 36.4 Å². The van der Waals surface area contributed by atoms with E-state index in [0.29, 0.717) is 37.7 Å². The number of nitrogens with zero attached hydrogens (tertiary/aromatic N) is 4. The molecule has 178 valence electrons. The van der Waals surface area contributed by atoms with E-state index >= 15 is 0 Å². The minimum atomic E-state index is -4.44. The first-order chi connectivity index (χ1) is 16.2. The number of hydrogen-bond acceptors (Lipinski definition) is 6. The quantitative estimate of drug-likeness (QED) is 0.547. The number of carbonyl (C=O) groups is 2. The molecule has 1 aliphatic rings. The number of hydrogen-bond donors (Lipinski definition) is 1. The van der Waals surface area contributed by atoms with Crippen LogP contribution in [0.3, 0.4) is 0 Å². The summed E-state index contributed by atoms with van der Waals surface area (Å²) in [6, 6.07) is 7.91. The molecule has 12 heteroatoms. The monoisotopic (exact) mass is 493 g/mol. The number of halogens is 4. The Morgan fingerprint density at radius 1 is 1.06 bits per heavy atom. The van der Waals surface area contributed by atoms with Crippen LogP contribution in [0.5, 0.6) is 0 Å². The predicted molar refractivity (Wildman–Crippen MR) is 118 cm³/mol. The first kappa shape index (κ1) is 23.6. The fraction of sp³-hybridized carbons (Fsp3) is 0.273. The van der Waals surface area contributed by atoms with Crippen molar-refractivity contribution in [1.29, 1.82) is 0 Å². The highest BCUT2D eigenvalue weighted by Crippen LogP contribution is 2.29. The molecule has 1 aliphatic heterocycles. The van der Waals surface area contributed by atoms with E-state index in [1.165, 1.54) is 24.3 Å². The molecule has 0 radical (unpaired) electrons. The van der Waals surface area contributed by atoms with Gasteiger partial charge in [0, 0.05) is 37.8 Å². The van der Waals surface area contributed by atoms with Gasteiger partial charge in [-0.25, -0.2) is 14.4 Å². The van der Waals surface area contributed by atoms with Gasteiger partial charge in [0.15, 0.2) is 5.13 Å². The molecule has 0 spiro atoms. The van der Waals surface area contributed by atoms with E-state index < -0.39 is 23.5 Å². The van der Waals surface area contributed by atoms with Gasteiger partial charge in [-0.05, 0) is 24.3 Å². The molecule has 0 unspecified atom stereocenters. The van der Waals surface area contributed by atoms with E-state index in [2.05, 4.69) is 15.3 Å². The van der Waals surface area contributed by atoms with Gasteiger partial charge in [-0.15, -0.1) is 11.3 Å². The first-order valence-electron chi connectivity index (χ1n) is 10.3. The number of anilines is 2. The molecule has 0 aliphatic carbocycles. The van der Waals surface area contributed by atoms with E-state index in [-0.39, 0.29) is 23.0 Å². The SMILES string of the molecule is O=C(Nc1nc(CC(=O)N2CCN(c3ccc(C(F)(F)F)cn3)CC2)cs1)c1ccccc1F. The third-order valence-electron chi connectivity index (χ3n) is 5.25. The van der Waals surface area contributed by atoms with Gasteiger partial charge < -0.3 is 9.80 Å². The van der Waals surface area contributed by atoms with Gasteiger partial charge in [0.2, 0.25) is 5.91 Å². The van der Waals surface area contributed by atoms with Crippen molar-refractivity contribution in [1.82, 2.24) is 14.9 Å². The summed E-state index contributed by atoms with van der Waals surface area (Å²) in [7, 11) is 0. The summed E-state index contributed by atoms with van der Waals surface area (Å²) in [6.07, 6.45) is -3.60. The van der Waals surface area contributed by atoms with Gasteiger partial charge in [0.05, 0.1) is 23.2 Å². The average molecular weight is 493 g/mol. The van der Waals surface area contributed by atoms with Crippen LogP contribution in [0.1, 0.15) is 21.6 Å². The van der Waals surface area contributed by atoms with E-state index in [1.807, 2.05) is 4.90 Å². The normalized spacial score (nSPS) is 14.2. The van der Waals surface area contributed by atoms with Gasteiger partial charge >= 0.3 is 6.18 Å². The molecule has 0 saturated carbocycles. The minimum absolute atomic E-state index is 0.0323. The van der Waals surface area contributed by atoms with Crippen LogP contribution in [-0.2, 0) is 17.4 Å². The summed E-state index contributed by atoms with van der Waals surface area (Å²) in [6.45, 7) is 1.65. The minimum Gasteiger partial charge on any atom is -0.353 e. The Hall–Kier alpha value is -3.54. The molecule has 34 heavy (non-hydrogen) atoms. The van der Waals surface area contributed by atoms with Gasteiger partial charge in [0.25, 0.3) is 5.91 Å². The second-order valence-electron chi connectivity index (χ2n) is 7.53. The maximum atomic E-state index is 13.7. The molecule has 2 amide bonds. The fourth-order valence-corrected chi connectivity index (χ4v) is 4.15. The van der Waals surface area contributed by atoms with E-state index in [4.69, 9.17) is 0 Å². The Kier molecular flexibility index (Phi) is 6.77. The van der Waals surface area contributed by atoms with Crippen LogP contribution in [0.2, 0.25) is 0 Å². The Balaban J connectivity index is 1.29. The molecule has 1 fully saturated rings. The van der Waals surface area contributed by atoms with Crippen molar-refractivity contribution in [2.45, 2.75) is 12.6 Å². The Labute approximate surface area is 196 Å². The zero-order valence-electron chi connectivity index (χ0n) is 17.7. The van der Waals surface area contributed by atoms with Gasteiger partial charge in [-0.3, -0.25) is 14.9 Å². The lowest BCUT2D eigenvalue weighted by Crippen LogP contribution is -2.49. The van der Waals surface area contributed by atoms with Crippen molar-refractivity contribution in [2.24, 2.45) is 0 Å². The number of amides is 2. The lowest BCUT2D eigenvalue weighted by Gasteiger charge is -2.35. The maximum absolute atomic E-state index is 13.7. The number of alkyl halides is 3. The summed E-state index contributed by atoms with van der Waals surface area (Å²) in [5.41, 5.74) is -0.431. The van der Waals surface area contributed by atoms with Crippen LogP contribution in [0.25, 0.3) is 0 Å². The summed E-state index contributed by atoms with van der Waals surface area (Å²) in [4.78, 5) is 36.5. The zero-order valence-corrected chi connectivity index (χ0v) is 18.5. The molecule has 0 bridgehead atoms. The standard InChI is InChI=1S/C22H19F4N5O2S/c23-17-4-2-1-3-16(17)20(33)29-21-28-15(13-34-21)11-19(32)31-9-7-30(8-10-31)18-6-5-14(12-27-18)22(24,25)26/h1-6,12-13H,7-11H2,(H,28,29,33). The van der Waals surface area contributed by atoms with Gasteiger partial charge in [-0.1, -0.05) is 12.1 Å². The van der Waals surface area contributed by atoms with Crippen LogP contribution < -0.4 is 10.2 Å². The smallest absolute Gasteiger partial charge is 0.353 e. The number of aromatic nitrogens is 2. The number of benzene rings is 1. The predicted octanol–water partition coefficient (Wildman–Crippen LogP) is 3.84. The average Bonchev–Trinajstić information content (AvgIpc) is 3.25. The molecular formula is C22H19F4N5O2S. The van der Waals surface area contributed by atoms with E-state index in [1.54, 1.807) is 16.3 Å². The summed E-state index contributed by atoms with van der Waals surface area (Å²) in [5.74, 6) is -0.997. The highest BCUT2D eigenvalue weighted by molar-refractivity contribution is 7.14. The number of carbonyl (C=O) groups excluding carboxylic acids is 2. The lowest BCUT2D eigenvalue weighted by molar-refractivity contribution is -0.137. The molecule has 7 nitrogen and oxygen atoms in total. The molecule has 3 heterocycles. The first-order valence-corrected chi connectivity index (χ1v) is 11.1. The Morgan fingerprint density at radius 3 is 2.44 bits per heavy atom. The van der Waals surface area contributed by atoms with Crippen LogP contribution in [0.4, 0.5) is 28.5 Å². The third-order valence-corrected chi connectivity index (χ3v) is 6.06. The highest BCUT2D eigenvalue weighted by Gasteiger charge is 2.31. The number of nitrogens with one attached hydrogen (secondary N) is 1. The molecule has 1 saturated heterocycles. The Bertz CT molecular complexity index is 1170. The van der Waals surface area contributed by atoms with Crippen molar-refractivity contribution in [3.05, 3.63) is 70.6 Å². The van der Waals surface area contributed by atoms with Crippen molar-refractivity contribution in [3.63, 3.8) is 0 Å². The van der Waals surface area contributed by atoms with Crippen LogP contribution in [-0.4, -0.2) is 52.9 Å². The van der Waals surface area contributed by atoms with Crippen LogP contribution in [0.15, 0.2) is 48.0 Å². The van der Waals surface area contributed by atoms with E-state index in [9.17, 15) is 27.2 Å². The van der Waals surface area contributed by atoms with Crippen LogP contribution in [0, 0.1) is 5.82 Å². The lowest BCUT2D eigenvalue weighted by atomic mass is 10.2. The molecule has 4 rings (SSSR count).